The van der Waals surface area contributed by atoms with Gasteiger partial charge in [0.05, 0.1) is 11.1 Å². The first kappa shape index (κ1) is 18.7. The van der Waals surface area contributed by atoms with E-state index in [9.17, 15) is 9.59 Å². The van der Waals surface area contributed by atoms with Crippen molar-refractivity contribution in [1.29, 1.82) is 0 Å². The van der Waals surface area contributed by atoms with E-state index in [1.165, 1.54) is 24.3 Å². The fourth-order valence-corrected chi connectivity index (χ4v) is 1.25. The van der Waals surface area contributed by atoms with E-state index in [1.807, 2.05) is 0 Å². The molecule has 0 aliphatic heterocycles. The van der Waals surface area contributed by atoms with Gasteiger partial charge >= 0.3 is 35.0 Å². The van der Waals surface area contributed by atoms with Crippen molar-refractivity contribution in [3.8, 4) is 0 Å². The van der Waals surface area contributed by atoms with E-state index < -0.39 is 11.9 Å². The Morgan fingerprint density at radius 3 is 1.10 bits per heavy atom. The third-order valence-corrected chi connectivity index (χ3v) is 2.32. The molecule has 0 aliphatic rings. The van der Waals surface area contributed by atoms with Crippen LogP contribution >= 0.6 is 0 Å². The number of anilines is 2. The maximum absolute atomic E-state index is 10.3. The maximum atomic E-state index is 10.3. The minimum atomic E-state index is -0.931. The Hall–Kier alpha value is -2.25. The summed E-state index contributed by atoms with van der Waals surface area (Å²) in [5.41, 5.74) is 12.3. The summed E-state index contributed by atoms with van der Waals surface area (Å²) in [5, 5.41) is 16.9. The predicted octanol–water partition coefficient (Wildman–Crippen LogP) is 1.55. The fourth-order valence-electron chi connectivity index (χ4n) is 1.25. The molecule has 0 amide bonds. The molecular formula is C14H14MgN2O4+2. The first-order chi connectivity index (χ1) is 9.40. The van der Waals surface area contributed by atoms with E-state index >= 15 is 0 Å². The van der Waals surface area contributed by atoms with Crippen LogP contribution in [0, 0.1) is 0 Å². The third-order valence-electron chi connectivity index (χ3n) is 2.32. The van der Waals surface area contributed by atoms with Gasteiger partial charge in [-0.1, -0.05) is 0 Å². The molecule has 0 unspecified atom stereocenters. The second kappa shape index (κ2) is 8.83. The molecule has 2 aromatic carbocycles. The van der Waals surface area contributed by atoms with Crippen molar-refractivity contribution in [2.24, 2.45) is 0 Å². The van der Waals surface area contributed by atoms with Crippen molar-refractivity contribution in [1.82, 2.24) is 0 Å². The van der Waals surface area contributed by atoms with Crippen LogP contribution in [0.15, 0.2) is 48.5 Å². The summed E-state index contributed by atoms with van der Waals surface area (Å²) >= 11 is 0. The fraction of sp³-hybridized carbons (Fsp3) is 0. The van der Waals surface area contributed by atoms with E-state index in [1.54, 1.807) is 24.3 Å². The Bertz CT molecular complexity index is 542. The van der Waals surface area contributed by atoms with Gasteiger partial charge in [-0.2, -0.15) is 0 Å². The average molecular weight is 299 g/mol. The van der Waals surface area contributed by atoms with E-state index in [0.717, 1.165) is 0 Å². The van der Waals surface area contributed by atoms with Gasteiger partial charge in [0, 0.05) is 11.4 Å². The molecule has 7 heteroatoms. The molecule has 0 saturated carbocycles. The van der Waals surface area contributed by atoms with Crippen LogP contribution in [-0.4, -0.2) is 45.2 Å². The van der Waals surface area contributed by atoms with Gasteiger partial charge in [0.2, 0.25) is 0 Å². The zero-order valence-corrected chi connectivity index (χ0v) is 12.6. The molecule has 0 saturated heterocycles. The van der Waals surface area contributed by atoms with Gasteiger partial charge in [-0.15, -0.1) is 0 Å². The minimum absolute atomic E-state index is 0. The zero-order chi connectivity index (χ0) is 15.1. The zero-order valence-electron chi connectivity index (χ0n) is 11.2. The maximum Gasteiger partial charge on any atom is 2.00 e. The number of benzene rings is 2. The monoisotopic (exact) mass is 298 g/mol. The second-order valence-electron chi connectivity index (χ2n) is 3.85. The summed E-state index contributed by atoms with van der Waals surface area (Å²) in [5.74, 6) is -1.86. The normalized spacial score (nSPS) is 8.76. The van der Waals surface area contributed by atoms with Crippen LogP contribution in [-0.2, 0) is 0 Å². The van der Waals surface area contributed by atoms with Crippen molar-refractivity contribution >= 4 is 46.4 Å². The van der Waals surface area contributed by atoms with Crippen LogP contribution in [0.1, 0.15) is 20.7 Å². The smallest absolute Gasteiger partial charge is 0.478 e. The Kier molecular flexibility index (Phi) is 7.88. The number of carboxylic acid groups (broad SMARTS) is 2. The van der Waals surface area contributed by atoms with E-state index in [0.29, 0.717) is 11.4 Å². The van der Waals surface area contributed by atoms with Gasteiger partial charge < -0.3 is 21.7 Å². The van der Waals surface area contributed by atoms with Crippen LogP contribution in [0.5, 0.6) is 0 Å². The van der Waals surface area contributed by atoms with Gasteiger partial charge in [-0.25, -0.2) is 9.59 Å². The molecule has 0 radical (unpaired) electrons. The van der Waals surface area contributed by atoms with Gasteiger partial charge in [-0.05, 0) is 48.5 Å². The van der Waals surface area contributed by atoms with Crippen LogP contribution in [0.2, 0.25) is 0 Å². The Labute approximate surface area is 137 Å². The third kappa shape index (κ3) is 6.64. The van der Waals surface area contributed by atoms with Gasteiger partial charge in [0.25, 0.3) is 0 Å². The summed E-state index contributed by atoms with van der Waals surface area (Å²) in [4.78, 5) is 20.5. The second-order valence-corrected chi connectivity index (χ2v) is 3.85. The number of hydrogen-bond donors (Lipinski definition) is 4. The van der Waals surface area contributed by atoms with E-state index in [-0.39, 0.29) is 34.2 Å². The molecule has 6 N–H and O–H groups in total. The quantitative estimate of drug-likeness (QED) is 0.492. The summed E-state index contributed by atoms with van der Waals surface area (Å²) in [6.07, 6.45) is 0. The number of hydrogen-bond acceptors (Lipinski definition) is 4. The Morgan fingerprint density at radius 2 is 0.905 bits per heavy atom. The molecule has 2 rings (SSSR count). The van der Waals surface area contributed by atoms with Crippen LogP contribution in [0.4, 0.5) is 11.4 Å². The Balaban J connectivity index is 0.000000364. The van der Waals surface area contributed by atoms with Crippen molar-refractivity contribution < 1.29 is 19.8 Å². The molecule has 21 heavy (non-hydrogen) atoms. The first-order valence-electron chi connectivity index (χ1n) is 5.58. The van der Waals surface area contributed by atoms with E-state index in [2.05, 4.69) is 0 Å². The van der Waals surface area contributed by atoms with Crippen LogP contribution < -0.4 is 11.5 Å². The number of rotatable bonds is 2. The van der Waals surface area contributed by atoms with Crippen molar-refractivity contribution in [3.05, 3.63) is 59.7 Å². The molecule has 0 bridgehead atoms. The van der Waals surface area contributed by atoms with Gasteiger partial charge in [-0.3, -0.25) is 0 Å². The number of aromatic carboxylic acids is 2. The summed E-state index contributed by atoms with van der Waals surface area (Å²) in [6.45, 7) is 0. The van der Waals surface area contributed by atoms with Gasteiger partial charge in [0.1, 0.15) is 0 Å². The largest absolute Gasteiger partial charge is 2.00 e. The van der Waals surface area contributed by atoms with Crippen LogP contribution in [0.25, 0.3) is 0 Å². The molecule has 0 atom stereocenters. The van der Waals surface area contributed by atoms with Crippen molar-refractivity contribution in [2.45, 2.75) is 0 Å². The van der Waals surface area contributed by atoms with Crippen LogP contribution in [0.3, 0.4) is 0 Å². The number of nitrogen functional groups attached to an aromatic ring is 2. The van der Waals surface area contributed by atoms with Crippen molar-refractivity contribution in [3.63, 3.8) is 0 Å². The van der Waals surface area contributed by atoms with Crippen molar-refractivity contribution in [2.75, 3.05) is 11.5 Å². The predicted molar refractivity (Wildman–Crippen MR) is 81.4 cm³/mol. The summed E-state index contributed by atoms with van der Waals surface area (Å²) in [7, 11) is 0. The summed E-state index contributed by atoms with van der Waals surface area (Å²) < 4.78 is 0. The standard InChI is InChI=1S/2C7H7NO2.Mg/c2*8-6-3-1-5(2-4-6)7(9)10;/h2*1-4H,8H2,(H,9,10);/q;;+2. The number of carbonyl (C=O) groups is 2. The average Bonchev–Trinajstić information content (AvgIpc) is 2.40. The van der Waals surface area contributed by atoms with Gasteiger partial charge in [0.15, 0.2) is 0 Å². The van der Waals surface area contributed by atoms with E-state index in [4.69, 9.17) is 21.7 Å². The molecule has 2 aromatic rings. The molecule has 0 aliphatic carbocycles. The SMILES string of the molecule is Nc1ccc(C(=O)O)cc1.Nc1ccc(C(=O)O)cc1.[Mg+2]. The topological polar surface area (TPSA) is 127 Å². The molecule has 0 heterocycles. The summed E-state index contributed by atoms with van der Waals surface area (Å²) in [6, 6.07) is 12.1. The first-order valence-corrected chi connectivity index (χ1v) is 5.58. The Morgan fingerprint density at radius 1 is 0.667 bits per heavy atom. The molecule has 0 aromatic heterocycles. The molecule has 6 nitrogen and oxygen atoms in total. The number of carboxylic acids is 2. The molecule has 0 spiro atoms. The number of nitrogens with two attached hydrogens (primary N) is 2. The molecular weight excluding hydrogens is 284 g/mol. The molecule has 104 valence electrons. The molecule has 0 fully saturated rings. The minimum Gasteiger partial charge on any atom is -0.478 e.